The van der Waals surface area contributed by atoms with Crippen LogP contribution in [0.1, 0.15) is 85.0 Å². The lowest BCUT2D eigenvalue weighted by atomic mass is 10.1. The fourth-order valence-corrected chi connectivity index (χ4v) is 2.03. The van der Waals surface area contributed by atoms with E-state index in [-0.39, 0.29) is 0 Å². The number of aliphatic carboxylic acids is 1. The van der Waals surface area contributed by atoms with E-state index in [1.54, 1.807) is 13.8 Å². The van der Waals surface area contributed by atoms with Crippen LogP contribution in [0, 0.1) is 0 Å². The predicted molar refractivity (Wildman–Crippen MR) is 88.7 cm³/mol. The quantitative estimate of drug-likeness (QED) is 0.347. The number of unbranched alkanes of at least 4 members (excludes halogenated alkanes) is 8. The number of carbonyl (C=O) groups is 1. The number of allylic oxidation sites excluding steroid dienone is 2. The van der Waals surface area contributed by atoms with Crippen molar-refractivity contribution in [1.82, 2.24) is 0 Å². The number of hydrogen-bond acceptors (Lipinski definition) is 2. The fourth-order valence-electron chi connectivity index (χ4n) is 2.03. The minimum absolute atomic E-state index is 0.528. The molecule has 0 aromatic carbocycles. The first-order valence-electron chi connectivity index (χ1n) is 8.53. The SMILES string of the molecule is CCCCCCCC=CCCCCCOC(C)(C)C(=O)O. The van der Waals surface area contributed by atoms with Crippen LogP contribution in [0.25, 0.3) is 0 Å². The summed E-state index contributed by atoms with van der Waals surface area (Å²) in [6, 6.07) is 0. The van der Waals surface area contributed by atoms with Gasteiger partial charge in [-0.3, -0.25) is 0 Å². The third-order valence-electron chi connectivity index (χ3n) is 3.63. The third-order valence-corrected chi connectivity index (χ3v) is 3.63. The standard InChI is InChI=1S/C18H34O3/c1-4-5-6-7-8-9-10-11-12-13-14-15-16-21-18(2,3)17(19)20/h10-11H,4-9,12-16H2,1-3H3,(H,19,20). The smallest absolute Gasteiger partial charge is 0.335 e. The van der Waals surface area contributed by atoms with E-state index in [1.165, 1.54) is 38.5 Å². The van der Waals surface area contributed by atoms with E-state index in [2.05, 4.69) is 19.1 Å². The topological polar surface area (TPSA) is 46.5 Å². The van der Waals surface area contributed by atoms with Crippen LogP contribution in [0.15, 0.2) is 12.2 Å². The summed E-state index contributed by atoms with van der Waals surface area (Å²) in [6.45, 7) is 5.96. The lowest BCUT2D eigenvalue weighted by Gasteiger charge is -2.19. The van der Waals surface area contributed by atoms with Crippen molar-refractivity contribution in [2.45, 2.75) is 90.6 Å². The molecule has 0 aliphatic carbocycles. The molecule has 0 radical (unpaired) electrons. The molecule has 0 unspecified atom stereocenters. The van der Waals surface area contributed by atoms with Gasteiger partial charge >= 0.3 is 5.97 Å². The van der Waals surface area contributed by atoms with Crippen molar-refractivity contribution in [2.24, 2.45) is 0 Å². The number of rotatable bonds is 14. The maximum absolute atomic E-state index is 10.8. The second-order valence-electron chi connectivity index (χ2n) is 6.19. The average Bonchev–Trinajstić information content (AvgIpc) is 2.43. The van der Waals surface area contributed by atoms with Gasteiger partial charge in [0.25, 0.3) is 0 Å². The first-order chi connectivity index (χ1) is 10.0. The van der Waals surface area contributed by atoms with Crippen molar-refractivity contribution < 1.29 is 14.6 Å². The zero-order valence-corrected chi connectivity index (χ0v) is 14.2. The Morgan fingerprint density at radius 3 is 2.00 bits per heavy atom. The Kier molecular flexibility index (Phi) is 12.4. The molecule has 0 atom stereocenters. The van der Waals surface area contributed by atoms with Gasteiger partial charge in [-0.2, -0.15) is 0 Å². The van der Waals surface area contributed by atoms with Gasteiger partial charge in [0.15, 0.2) is 5.60 Å². The second-order valence-corrected chi connectivity index (χ2v) is 6.19. The van der Waals surface area contributed by atoms with Crippen molar-refractivity contribution in [3.8, 4) is 0 Å². The maximum atomic E-state index is 10.8. The molecule has 0 heterocycles. The van der Waals surface area contributed by atoms with E-state index in [1.807, 2.05) is 0 Å². The lowest BCUT2D eigenvalue weighted by molar-refractivity contribution is -0.161. The largest absolute Gasteiger partial charge is 0.479 e. The van der Waals surface area contributed by atoms with Crippen LogP contribution >= 0.6 is 0 Å². The highest BCUT2D eigenvalue weighted by Gasteiger charge is 2.27. The van der Waals surface area contributed by atoms with Gasteiger partial charge in [-0.1, -0.05) is 51.2 Å². The van der Waals surface area contributed by atoms with Gasteiger partial charge in [0.05, 0.1) is 0 Å². The highest BCUT2D eigenvalue weighted by atomic mass is 16.5. The summed E-state index contributed by atoms with van der Waals surface area (Å²) in [5, 5.41) is 8.90. The molecule has 0 saturated carbocycles. The molecule has 124 valence electrons. The molecule has 1 N–H and O–H groups in total. The Hall–Kier alpha value is -0.830. The highest BCUT2D eigenvalue weighted by Crippen LogP contribution is 2.11. The molecule has 21 heavy (non-hydrogen) atoms. The van der Waals surface area contributed by atoms with E-state index >= 15 is 0 Å². The summed E-state index contributed by atoms with van der Waals surface area (Å²) in [6.07, 6.45) is 16.8. The Morgan fingerprint density at radius 2 is 1.48 bits per heavy atom. The Labute approximate surface area is 130 Å². The van der Waals surface area contributed by atoms with Gasteiger partial charge in [0, 0.05) is 6.61 Å². The summed E-state index contributed by atoms with van der Waals surface area (Å²) in [5.74, 6) is -0.899. The van der Waals surface area contributed by atoms with Crippen LogP contribution in [-0.2, 0) is 9.53 Å². The van der Waals surface area contributed by atoms with Gasteiger partial charge < -0.3 is 9.84 Å². The summed E-state index contributed by atoms with van der Waals surface area (Å²) >= 11 is 0. The van der Waals surface area contributed by atoms with Crippen LogP contribution in [0.2, 0.25) is 0 Å². The number of ether oxygens (including phenoxy) is 1. The Morgan fingerprint density at radius 1 is 0.952 bits per heavy atom. The summed E-state index contributed by atoms with van der Waals surface area (Å²) < 4.78 is 5.37. The molecule has 0 aromatic rings. The number of hydrogen-bond donors (Lipinski definition) is 1. The Balaban J connectivity index is 3.31. The molecule has 0 saturated heterocycles. The van der Waals surface area contributed by atoms with Gasteiger partial charge in [-0.15, -0.1) is 0 Å². The molecule has 0 aliphatic rings. The van der Waals surface area contributed by atoms with Gasteiger partial charge in [0.1, 0.15) is 0 Å². The minimum Gasteiger partial charge on any atom is -0.479 e. The minimum atomic E-state index is -1.06. The molecule has 0 aliphatic heterocycles. The van der Waals surface area contributed by atoms with E-state index in [0.29, 0.717) is 6.61 Å². The lowest BCUT2D eigenvalue weighted by Crippen LogP contribution is -2.35. The van der Waals surface area contributed by atoms with E-state index in [4.69, 9.17) is 9.84 Å². The molecular weight excluding hydrogens is 264 g/mol. The van der Waals surface area contributed by atoms with Crippen LogP contribution in [0.3, 0.4) is 0 Å². The van der Waals surface area contributed by atoms with Crippen molar-refractivity contribution in [1.29, 1.82) is 0 Å². The van der Waals surface area contributed by atoms with Crippen molar-refractivity contribution in [2.75, 3.05) is 6.61 Å². The molecule has 0 aromatic heterocycles. The van der Waals surface area contributed by atoms with Crippen molar-refractivity contribution >= 4 is 5.97 Å². The first kappa shape index (κ1) is 20.2. The third kappa shape index (κ3) is 12.6. The first-order valence-corrected chi connectivity index (χ1v) is 8.53. The van der Waals surface area contributed by atoms with Crippen molar-refractivity contribution in [3.63, 3.8) is 0 Å². The highest BCUT2D eigenvalue weighted by molar-refractivity contribution is 5.76. The van der Waals surface area contributed by atoms with Gasteiger partial charge in [-0.25, -0.2) is 4.79 Å². The molecule has 0 spiro atoms. The predicted octanol–water partition coefficient (Wildman–Crippen LogP) is 5.34. The van der Waals surface area contributed by atoms with Gasteiger partial charge in [-0.05, 0) is 46.0 Å². The number of carboxylic acids is 1. The van der Waals surface area contributed by atoms with E-state index in [0.717, 1.165) is 25.7 Å². The van der Waals surface area contributed by atoms with E-state index < -0.39 is 11.6 Å². The van der Waals surface area contributed by atoms with Crippen LogP contribution in [-0.4, -0.2) is 23.3 Å². The fraction of sp³-hybridized carbons (Fsp3) is 0.833. The summed E-state index contributed by atoms with van der Waals surface area (Å²) in [7, 11) is 0. The average molecular weight is 298 g/mol. The zero-order chi connectivity index (χ0) is 16.0. The zero-order valence-electron chi connectivity index (χ0n) is 14.2. The normalized spacial score (nSPS) is 12.1. The second kappa shape index (κ2) is 12.9. The van der Waals surface area contributed by atoms with E-state index in [9.17, 15) is 4.79 Å². The molecule has 0 bridgehead atoms. The van der Waals surface area contributed by atoms with Crippen LogP contribution in [0.4, 0.5) is 0 Å². The van der Waals surface area contributed by atoms with Crippen LogP contribution < -0.4 is 0 Å². The van der Waals surface area contributed by atoms with Crippen LogP contribution in [0.5, 0.6) is 0 Å². The number of carboxylic acid groups (broad SMARTS) is 1. The molecule has 3 heteroatoms. The molecule has 0 rings (SSSR count). The molecule has 0 fully saturated rings. The molecular formula is C18H34O3. The summed E-state index contributed by atoms with van der Waals surface area (Å²) in [5.41, 5.74) is -1.06. The molecule has 3 nitrogen and oxygen atoms in total. The van der Waals surface area contributed by atoms with Crippen molar-refractivity contribution in [3.05, 3.63) is 12.2 Å². The van der Waals surface area contributed by atoms with Gasteiger partial charge in [0.2, 0.25) is 0 Å². The maximum Gasteiger partial charge on any atom is 0.335 e. The molecule has 0 amide bonds. The Bertz CT molecular complexity index is 282. The monoisotopic (exact) mass is 298 g/mol. The summed E-state index contributed by atoms with van der Waals surface area (Å²) in [4.78, 5) is 10.8.